The van der Waals surface area contributed by atoms with Crippen molar-refractivity contribution in [3.63, 3.8) is 0 Å². The minimum atomic E-state index is 1.06. The Morgan fingerprint density at radius 3 is 2.31 bits per heavy atom. The Morgan fingerprint density at radius 1 is 0.875 bits per heavy atom. The van der Waals surface area contributed by atoms with Crippen LogP contribution in [0.5, 0.6) is 0 Å². The summed E-state index contributed by atoms with van der Waals surface area (Å²) in [5, 5.41) is 0. The van der Waals surface area contributed by atoms with Gasteiger partial charge in [-0.3, -0.25) is 4.31 Å². The largest absolute Gasteiger partial charge is 0.280 e. The fourth-order valence-electron chi connectivity index (χ4n) is 1.82. The van der Waals surface area contributed by atoms with Crippen LogP contribution in [0.4, 0.5) is 5.69 Å². The summed E-state index contributed by atoms with van der Waals surface area (Å²) in [6.07, 6.45) is 0. The lowest BCUT2D eigenvalue weighted by atomic mass is 10.1. The molecule has 0 unspecified atom stereocenters. The highest BCUT2D eigenvalue weighted by Gasteiger charge is 2.23. The highest BCUT2D eigenvalue weighted by molar-refractivity contribution is 8.01. The molecule has 0 aliphatic carbocycles. The molecule has 0 saturated heterocycles. The second-order valence-electron chi connectivity index (χ2n) is 3.66. The van der Waals surface area contributed by atoms with Crippen LogP contribution in [0.1, 0.15) is 5.56 Å². The SMILES string of the molecule is C=C1c2ccccc2SN1c1ccccc1. The number of hydrogen-bond acceptors (Lipinski definition) is 2. The summed E-state index contributed by atoms with van der Waals surface area (Å²) in [6, 6.07) is 18.7. The fraction of sp³-hybridized carbons (Fsp3) is 0. The van der Waals surface area contributed by atoms with Gasteiger partial charge in [0, 0.05) is 10.5 Å². The van der Waals surface area contributed by atoms with E-state index in [-0.39, 0.29) is 0 Å². The zero-order chi connectivity index (χ0) is 11.0. The van der Waals surface area contributed by atoms with Crippen molar-refractivity contribution >= 4 is 23.3 Å². The maximum atomic E-state index is 4.16. The number of fused-ring (bicyclic) bond motifs is 1. The predicted molar refractivity (Wildman–Crippen MR) is 70.3 cm³/mol. The van der Waals surface area contributed by atoms with E-state index in [4.69, 9.17) is 0 Å². The van der Waals surface area contributed by atoms with Crippen molar-refractivity contribution in [3.8, 4) is 0 Å². The van der Waals surface area contributed by atoms with Crippen LogP contribution in [0.15, 0.2) is 66.1 Å². The van der Waals surface area contributed by atoms with Crippen molar-refractivity contribution in [2.75, 3.05) is 4.31 Å². The maximum Gasteiger partial charge on any atom is 0.0541 e. The van der Waals surface area contributed by atoms with E-state index in [1.54, 1.807) is 11.9 Å². The van der Waals surface area contributed by atoms with E-state index < -0.39 is 0 Å². The lowest BCUT2D eigenvalue weighted by Crippen LogP contribution is -2.04. The Hall–Kier alpha value is -1.67. The third kappa shape index (κ3) is 1.42. The van der Waals surface area contributed by atoms with Crippen molar-refractivity contribution < 1.29 is 0 Å². The Bertz CT molecular complexity index is 533. The molecule has 2 aromatic rings. The van der Waals surface area contributed by atoms with E-state index in [9.17, 15) is 0 Å². The number of nitrogens with zero attached hydrogens (tertiary/aromatic N) is 1. The van der Waals surface area contributed by atoms with Crippen LogP contribution >= 0.6 is 11.9 Å². The van der Waals surface area contributed by atoms with Gasteiger partial charge in [-0.15, -0.1) is 0 Å². The number of para-hydroxylation sites is 1. The molecule has 1 nitrogen and oxygen atoms in total. The first-order chi connectivity index (χ1) is 7.86. The van der Waals surface area contributed by atoms with Crippen LogP contribution in [0, 0.1) is 0 Å². The quantitative estimate of drug-likeness (QED) is 0.670. The second-order valence-corrected chi connectivity index (χ2v) is 4.65. The molecular weight excluding hydrogens is 214 g/mol. The number of anilines is 1. The molecule has 0 N–H and O–H groups in total. The Balaban J connectivity index is 2.02. The summed E-state index contributed by atoms with van der Waals surface area (Å²) in [6.45, 7) is 4.16. The first kappa shape index (κ1) is 9.55. The van der Waals surface area contributed by atoms with Crippen molar-refractivity contribution in [3.05, 3.63) is 66.7 Å². The van der Waals surface area contributed by atoms with Crippen LogP contribution in [-0.4, -0.2) is 0 Å². The highest BCUT2D eigenvalue weighted by Crippen LogP contribution is 2.45. The van der Waals surface area contributed by atoms with Crippen molar-refractivity contribution in [1.29, 1.82) is 0 Å². The van der Waals surface area contributed by atoms with Gasteiger partial charge in [0.15, 0.2) is 0 Å². The molecule has 1 heterocycles. The molecule has 2 heteroatoms. The van der Waals surface area contributed by atoms with Gasteiger partial charge < -0.3 is 0 Å². The van der Waals surface area contributed by atoms with E-state index >= 15 is 0 Å². The molecule has 0 saturated carbocycles. The Morgan fingerprint density at radius 2 is 1.56 bits per heavy atom. The van der Waals surface area contributed by atoms with Crippen LogP contribution in [0.25, 0.3) is 5.70 Å². The average molecular weight is 225 g/mol. The standard InChI is InChI=1S/C14H11NS/c1-11-13-9-5-6-10-14(13)16-15(11)12-7-3-2-4-8-12/h2-10H,1H2. The molecule has 16 heavy (non-hydrogen) atoms. The number of rotatable bonds is 1. The van der Waals surface area contributed by atoms with E-state index in [0.29, 0.717) is 0 Å². The lowest BCUT2D eigenvalue weighted by molar-refractivity contribution is 1.42. The van der Waals surface area contributed by atoms with Crippen LogP contribution in [0.2, 0.25) is 0 Å². The van der Waals surface area contributed by atoms with Gasteiger partial charge in [0.05, 0.1) is 11.4 Å². The third-order valence-electron chi connectivity index (χ3n) is 2.62. The summed E-state index contributed by atoms with van der Waals surface area (Å²) in [7, 11) is 0. The maximum absolute atomic E-state index is 4.16. The summed E-state index contributed by atoms with van der Waals surface area (Å²) in [5.41, 5.74) is 3.47. The van der Waals surface area contributed by atoms with Crippen LogP contribution in [-0.2, 0) is 0 Å². The summed E-state index contributed by atoms with van der Waals surface area (Å²) in [4.78, 5) is 1.27. The number of hydrogen-bond donors (Lipinski definition) is 0. The molecule has 0 atom stereocenters. The average Bonchev–Trinajstić information content (AvgIpc) is 2.69. The summed E-state index contributed by atoms with van der Waals surface area (Å²) in [5.74, 6) is 0. The molecule has 0 radical (unpaired) electrons. The predicted octanol–water partition coefficient (Wildman–Crippen LogP) is 4.18. The topological polar surface area (TPSA) is 3.24 Å². The van der Waals surface area contributed by atoms with Gasteiger partial charge in [-0.25, -0.2) is 0 Å². The monoisotopic (exact) mass is 225 g/mol. The van der Waals surface area contributed by atoms with Crippen LogP contribution < -0.4 is 4.31 Å². The molecule has 3 rings (SSSR count). The van der Waals surface area contributed by atoms with Crippen molar-refractivity contribution in [2.45, 2.75) is 4.90 Å². The van der Waals surface area contributed by atoms with E-state index in [1.165, 1.54) is 16.1 Å². The lowest BCUT2D eigenvalue weighted by Gasteiger charge is -2.17. The highest BCUT2D eigenvalue weighted by atomic mass is 32.2. The number of benzene rings is 2. The normalized spacial score (nSPS) is 14.0. The Labute approximate surface area is 99.5 Å². The van der Waals surface area contributed by atoms with Crippen molar-refractivity contribution in [1.82, 2.24) is 0 Å². The van der Waals surface area contributed by atoms with Gasteiger partial charge in [-0.1, -0.05) is 43.0 Å². The van der Waals surface area contributed by atoms with Gasteiger partial charge in [0.25, 0.3) is 0 Å². The van der Waals surface area contributed by atoms with Gasteiger partial charge >= 0.3 is 0 Å². The second kappa shape index (κ2) is 3.72. The first-order valence-corrected chi connectivity index (χ1v) is 5.95. The van der Waals surface area contributed by atoms with Gasteiger partial charge in [-0.05, 0) is 30.1 Å². The van der Waals surface area contributed by atoms with E-state index in [0.717, 1.165) is 5.70 Å². The van der Waals surface area contributed by atoms with Gasteiger partial charge in [-0.2, -0.15) is 0 Å². The molecule has 0 amide bonds. The molecule has 2 aromatic carbocycles. The van der Waals surface area contributed by atoms with Gasteiger partial charge in [0.2, 0.25) is 0 Å². The minimum Gasteiger partial charge on any atom is -0.280 e. The van der Waals surface area contributed by atoms with E-state index in [1.807, 2.05) is 18.2 Å². The molecule has 1 aliphatic heterocycles. The molecule has 0 aromatic heterocycles. The molecule has 78 valence electrons. The van der Waals surface area contributed by atoms with Crippen LogP contribution in [0.3, 0.4) is 0 Å². The molecule has 0 spiro atoms. The van der Waals surface area contributed by atoms with E-state index in [2.05, 4.69) is 47.3 Å². The molecule has 0 bridgehead atoms. The summed E-state index contributed by atoms with van der Waals surface area (Å²) < 4.78 is 2.17. The van der Waals surface area contributed by atoms with Gasteiger partial charge in [0.1, 0.15) is 0 Å². The van der Waals surface area contributed by atoms with Crippen molar-refractivity contribution in [2.24, 2.45) is 0 Å². The molecule has 0 fully saturated rings. The summed E-state index contributed by atoms with van der Waals surface area (Å²) >= 11 is 1.73. The molecular formula is C14H11NS. The zero-order valence-corrected chi connectivity index (χ0v) is 9.58. The smallest absolute Gasteiger partial charge is 0.0541 e. The Kier molecular flexibility index (Phi) is 2.22. The fourth-order valence-corrected chi connectivity index (χ4v) is 2.88. The minimum absolute atomic E-state index is 1.06. The molecule has 1 aliphatic rings. The zero-order valence-electron chi connectivity index (χ0n) is 8.76. The third-order valence-corrected chi connectivity index (χ3v) is 3.79. The first-order valence-electron chi connectivity index (χ1n) is 5.18.